The van der Waals surface area contributed by atoms with E-state index in [1.54, 1.807) is 25.3 Å². The van der Waals surface area contributed by atoms with Gasteiger partial charge < -0.3 is 4.74 Å². The Bertz CT molecular complexity index is 778. The molecule has 0 saturated carbocycles. The highest BCUT2D eigenvalue weighted by molar-refractivity contribution is 6.67. The molecule has 0 N–H and O–H groups in total. The first-order valence-electron chi connectivity index (χ1n) is 6.99. The number of benzene rings is 1. The number of rotatable bonds is 4. The lowest BCUT2D eigenvalue weighted by Gasteiger charge is -2.14. The van der Waals surface area contributed by atoms with Crippen LogP contribution < -0.4 is 4.74 Å². The van der Waals surface area contributed by atoms with Crippen LogP contribution >= 0.6 is 69.6 Å². The monoisotopic (exact) mass is 471 g/mol. The first-order valence-corrected chi connectivity index (χ1v) is 9.25. The number of aromatic nitrogens is 3. The van der Waals surface area contributed by atoms with Gasteiger partial charge in [0, 0.05) is 0 Å². The third-order valence-electron chi connectivity index (χ3n) is 2.92. The quantitative estimate of drug-likeness (QED) is 0.388. The first kappa shape index (κ1) is 21.5. The summed E-state index contributed by atoms with van der Waals surface area (Å²) in [5.74, 6) is 0.679. The molecule has 0 fully saturated rings. The van der Waals surface area contributed by atoms with E-state index in [4.69, 9.17) is 74.3 Å². The lowest BCUT2D eigenvalue weighted by atomic mass is 10.2. The molecule has 1 heterocycles. The van der Waals surface area contributed by atoms with Crippen molar-refractivity contribution in [3.8, 4) is 5.75 Å². The summed E-state index contributed by atoms with van der Waals surface area (Å²) in [6, 6.07) is 7.54. The van der Waals surface area contributed by atoms with Gasteiger partial charge in [-0.1, -0.05) is 100.0 Å². The maximum absolute atomic E-state index is 5.82. The van der Waals surface area contributed by atoms with Gasteiger partial charge in [-0.3, -0.25) is 0 Å². The molecule has 26 heavy (non-hydrogen) atoms. The van der Waals surface area contributed by atoms with Gasteiger partial charge in [-0.25, -0.2) is 15.0 Å². The number of alkyl halides is 6. The Balaban J connectivity index is 2.24. The molecular weight excluding hydrogens is 463 g/mol. The molecule has 0 aliphatic rings. The Hall–Kier alpha value is -0.750. The largest absolute Gasteiger partial charge is 0.497 e. The van der Waals surface area contributed by atoms with Gasteiger partial charge in [-0.15, -0.1) is 0 Å². The Labute approximate surface area is 180 Å². The molecule has 0 bridgehead atoms. The average Bonchev–Trinajstić information content (AvgIpc) is 2.57. The summed E-state index contributed by atoms with van der Waals surface area (Å²) in [4.78, 5) is 12.0. The van der Waals surface area contributed by atoms with Crippen molar-refractivity contribution in [2.75, 3.05) is 7.11 Å². The van der Waals surface area contributed by atoms with Gasteiger partial charge in [-0.05, 0) is 23.8 Å². The summed E-state index contributed by atoms with van der Waals surface area (Å²) in [6.07, 6.45) is 6.93. The van der Waals surface area contributed by atoms with Crippen LogP contribution in [-0.2, 0) is 7.59 Å². The van der Waals surface area contributed by atoms with Crippen molar-refractivity contribution in [2.45, 2.75) is 7.59 Å². The summed E-state index contributed by atoms with van der Waals surface area (Å²) in [7, 11) is 1.61. The Morgan fingerprint density at radius 1 is 0.769 bits per heavy atom. The van der Waals surface area contributed by atoms with E-state index in [-0.39, 0.29) is 17.5 Å². The number of hydrogen-bond donors (Lipinski definition) is 0. The fourth-order valence-corrected chi connectivity index (χ4v) is 2.25. The number of nitrogens with zero attached hydrogens (tertiary/aromatic N) is 3. The number of methoxy groups -OCH3 is 1. The molecule has 10 heteroatoms. The Morgan fingerprint density at radius 2 is 1.27 bits per heavy atom. The van der Waals surface area contributed by atoms with E-state index >= 15 is 0 Å². The summed E-state index contributed by atoms with van der Waals surface area (Å²) in [6.45, 7) is 0. The molecule has 0 unspecified atom stereocenters. The highest BCUT2D eigenvalue weighted by Crippen LogP contribution is 2.39. The van der Waals surface area contributed by atoms with Gasteiger partial charge >= 0.3 is 0 Å². The van der Waals surface area contributed by atoms with Crippen LogP contribution in [0.5, 0.6) is 5.75 Å². The van der Waals surface area contributed by atoms with Gasteiger partial charge in [-0.2, -0.15) is 0 Å². The third kappa shape index (κ3) is 6.45. The lowest BCUT2D eigenvalue weighted by molar-refractivity contribution is 0.415. The van der Waals surface area contributed by atoms with E-state index in [2.05, 4.69) is 15.0 Å². The van der Waals surface area contributed by atoms with E-state index in [0.717, 1.165) is 11.3 Å². The zero-order valence-corrected chi connectivity index (χ0v) is 17.7. The second-order valence-corrected chi connectivity index (χ2v) is 9.39. The van der Waals surface area contributed by atoms with Crippen LogP contribution in [-0.4, -0.2) is 22.1 Å². The predicted molar refractivity (Wildman–Crippen MR) is 109 cm³/mol. The fraction of sp³-hybridized carbons (Fsp3) is 0.188. The molecule has 0 radical (unpaired) electrons. The lowest BCUT2D eigenvalue weighted by Crippen LogP contribution is -2.16. The minimum atomic E-state index is -1.88. The summed E-state index contributed by atoms with van der Waals surface area (Å²) >= 11 is 34.9. The maximum atomic E-state index is 5.82. The molecule has 0 aliphatic heterocycles. The molecule has 138 valence electrons. The highest BCUT2D eigenvalue weighted by Gasteiger charge is 2.33. The summed E-state index contributed by atoms with van der Waals surface area (Å²) in [5.41, 5.74) is 0.982. The van der Waals surface area contributed by atoms with Crippen LogP contribution in [0.1, 0.15) is 23.0 Å². The average molecular weight is 474 g/mol. The molecule has 0 atom stereocenters. The highest BCUT2D eigenvalue weighted by atomic mass is 35.6. The van der Waals surface area contributed by atoms with E-state index in [0.29, 0.717) is 0 Å². The minimum absolute atomic E-state index is 0.141. The van der Waals surface area contributed by atoms with E-state index < -0.39 is 7.59 Å². The second kappa shape index (κ2) is 8.96. The second-order valence-electron chi connectivity index (χ2n) is 4.83. The maximum Gasteiger partial charge on any atom is 0.250 e. The minimum Gasteiger partial charge on any atom is -0.497 e. The summed E-state index contributed by atoms with van der Waals surface area (Å²) in [5, 5.41) is 0. The van der Waals surface area contributed by atoms with E-state index in [9.17, 15) is 0 Å². The fourth-order valence-electron chi connectivity index (χ4n) is 1.74. The van der Waals surface area contributed by atoms with Crippen LogP contribution in [0.4, 0.5) is 0 Å². The third-order valence-corrected chi connectivity index (χ3v) is 3.93. The molecule has 0 spiro atoms. The number of halogens is 6. The van der Waals surface area contributed by atoms with Crippen molar-refractivity contribution in [3.05, 3.63) is 59.5 Å². The topological polar surface area (TPSA) is 47.9 Å². The molecule has 0 saturated heterocycles. The van der Waals surface area contributed by atoms with Crippen LogP contribution in [0.15, 0.2) is 36.4 Å². The normalized spacial score (nSPS) is 12.9. The summed E-state index contributed by atoms with van der Waals surface area (Å²) < 4.78 is 1.35. The van der Waals surface area contributed by atoms with Crippen LogP contribution in [0, 0.1) is 0 Å². The smallest absolute Gasteiger partial charge is 0.250 e. The van der Waals surface area contributed by atoms with Crippen molar-refractivity contribution in [1.29, 1.82) is 0 Å². The number of ether oxygens (including phenoxy) is 1. The molecule has 2 aromatic rings. The van der Waals surface area contributed by atoms with Gasteiger partial charge in [0.25, 0.3) is 0 Å². The van der Waals surface area contributed by atoms with Gasteiger partial charge in [0.15, 0.2) is 17.5 Å². The van der Waals surface area contributed by atoms with Gasteiger partial charge in [0.2, 0.25) is 7.59 Å². The van der Waals surface area contributed by atoms with Crippen molar-refractivity contribution in [3.63, 3.8) is 0 Å². The SMILES string of the molecule is COc1ccc(/C=C/C=C/c2nc(C(Cl)(Cl)Cl)nc(C(Cl)(Cl)Cl)n2)cc1. The first-order chi connectivity index (χ1) is 12.1. The van der Waals surface area contributed by atoms with Gasteiger partial charge in [0.1, 0.15) is 5.75 Å². The van der Waals surface area contributed by atoms with Crippen molar-refractivity contribution in [2.24, 2.45) is 0 Å². The zero-order valence-electron chi connectivity index (χ0n) is 13.1. The molecule has 4 nitrogen and oxygen atoms in total. The number of hydrogen-bond acceptors (Lipinski definition) is 4. The van der Waals surface area contributed by atoms with E-state index in [1.807, 2.05) is 30.3 Å². The van der Waals surface area contributed by atoms with Crippen molar-refractivity contribution < 1.29 is 4.74 Å². The van der Waals surface area contributed by atoms with Crippen LogP contribution in [0.3, 0.4) is 0 Å². The zero-order chi connectivity index (χ0) is 19.4. The predicted octanol–water partition coefficient (Wildman–Crippen LogP) is 6.26. The van der Waals surface area contributed by atoms with E-state index in [1.165, 1.54) is 0 Å². The van der Waals surface area contributed by atoms with Crippen molar-refractivity contribution >= 4 is 81.8 Å². The molecule has 1 aromatic carbocycles. The Kier molecular flexibility index (Phi) is 7.43. The molecule has 0 amide bonds. The van der Waals surface area contributed by atoms with Crippen molar-refractivity contribution in [1.82, 2.24) is 15.0 Å². The van der Waals surface area contributed by atoms with Crippen LogP contribution in [0.25, 0.3) is 12.2 Å². The van der Waals surface area contributed by atoms with Crippen LogP contribution in [0.2, 0.25) is 0 Å². The molecule has 1 aromatic heterocycles. The molecule has 2 rings (SSSR count). The van der Waals surface area contributed by atoms with Gasteiger partial charge in [0.05, 0.1) is 7.11 Å². The molecule has 0 aliphatic carbocycles. The number of allylic oxidation sites excluding steroid dienone is 2. The standard InChI is InChI=1S/C16H11Cl6N3O/c1-26-11-8-6-10(7-9-11)4-2-3-5-12-23-13(15(17,18)19)25-14(24-12)16(20,21)22/h2-9H,1H3/b4-2+,5-3+. The Morgan fingerprint density at radius 3 is 1.73 bits per heavy atom. The molecular formula is C16H11Cl6N3O.